The fraction of sp³-hybridized carbons (Fsp3) is 0.550. The number of piperidine rings is 1. The van der Waals surface area contributed by atoms with Gasteiger partial charge in [-0.15, -0.1) is 0 Å². The Morgan fingerprint density at radius 3 is 2.90 bits per heavy atom. The fourth-order valence-corrected chi connectivity index (χ4v) is 4.19. The lowest BCUT2D eigenvalue weighted by atomic mass is 9.94. The van der Waals surface area contributed by atoms with E-state index in [1.165, 1.54) is 0 Å². The summed E-state index contributed by atoms with van der Waals surface area (Å²) in [4.78, 5) is 18.6. The molecule has 1 N–H and O–H groups in total. The smallest absolute Gasteiger partial charge is 0.368 e. The third-order valence-electron chi connectivity index (χ3n) is 5.65. The van der Waals surface area contributed by atoms with Gasteiger partial charge in [0, 0.05) is 43.0 Å². The van der Waals surface area contributed by atoms with E-state index in [2.05, 4.69) is 15.4 Å². The summed E-state index contributed by atoms with van der Waals surface area (Å²) in [5.74, 6) is 0.316. The number of carbonyl (C=O) groups excluding carboxylic acids is 1. The number of nitrogens with zero attached hydrogens (tertiary/aromatic N) is 4. The van der Waals surface area contributed by atoms with Crippen LogP contribution in [0.4, 0.5) is 19.0 Å². The Balaban J connectivity index is 1.50. The number of rotatable bonds is 3. The van der Waals surface area contributed by atoms with Crippen molar-refractivity contribution >= 4 is 11.7 Å². The maximum Gasteiger partial charge on any atom is 0.410 e. The SMILES string of the molecule is CC1CC(C(F)(F)F)n2nc(C3CCCN(C(=O)Cc4ccccn4)C3)cc2N1. The van der Waals surface area contributed by atoms with Gasteiger partial charge in [-0.2, -0.15) is 18.3 Å². The summed E-state index contributed by atoms with van der Waals surface area (Å²) in [7, 11) is 0. The van der Waals surface area contributed by atoms with Crippen LogP contribution < -0.4 is 5.32 Å². The molecule has 4 heterocycles. The second-order valence-corrected chi connectivity index (χ2v) is 7.91. The van der Waals surface area contributed by atoms with Crippen molar-refractivity contribution in [3.8, 4) is 0 Å². The van der Waals surface area contributed by atoms with E-state index in [1.807, 2.05) is 12.1 Å². The van der Waals surface area contributed by atoms with Crippen LogP contribution in [0.3, 0.4) is 0 Å². The molecule has 1 amide bonds. The highest BCUT2D eigenvalue weighted by molar-refractivity contribution is 5.78. The lowest BCUT2D eigenvalue weighted by molar-refractivity contribution is -0.173. The van der Waals surface area contributed by atoms with Crippen molar-refractivity contribution in [2.45, 2.75) is 56.8 Å². The van der Waals surface area contributed by atoms with E-state index in [4.69, 9.17) is 0 Å². The maximum atomic E-state index is 13.5. The van der Waals surface area contributed by atoms with Gasteiger partial charge < -0.3 is 10.2 Å². The van der Waals surface area contributed by atoms with Gasteiger partial charge in [0.2, 0.25) is 5.91 Å². The van der Waals surface area contributed by atoms with Gasteiger partial charge in [0.1, 0.15) is 5.82 Å². The Morgan fingerprint density at radius 1 is 1.34 bits per heavy atom. The molecule has 0 aliphatic carbocycles. The summed E-state index contributed by atoms with van der Waals surface area (Å²) in [6.07, 6.45) is -0.906. The van der Waals surface area contributed by atoms with Crippen molar-refractivity contribution in [2.24, 2.45) is 0 Å². The number of fused-ring (bicyclic) bond motifs is 1. The van der Waals surface area contributed by atoms with E-state index in [9.17, 15) is 18.0 Å². The molecule has 156 valence electrons. The van der Waals surface area contributed by atoms with Gasteiger partial charge in [0.25, 0.3) is 0 Å². The molecule has 6 nitrogen and oxygen atoms in total. The van der Waals surface area contributed by atoms with Gasteiger partial charge >= 0.3 is 6.18 Å². The number of carbonyl (C=O) groups is 1. The summed E-state index contributed by atoms with van der Waals surface area (Å²) in [5.41, 5.74) is 1.33. The van der Waals surface area contributed by atoms with E-state index < -0.39 is 12.2 Å². The molecule has 0 aromatic carbocycles. The van der Waals surface area contributed by atoms with E-state index in [0.29, 0.717) is 30.3 Å². The van der Waals surface area contributed by atoms with E-state index >= 15 is 0 Å². The van der Waals surface area contributed by atoms with Crippen LogP contribution in [-0.4, -0.2) is 50.9 Å². The van der Waals surface area contributed by atoms with Crippen molar-refractivity contribution in [2.75, 3.05) is 18.4 Å². The van der Waals surface area contributed by atoms with E-state index in [0.717, 1.165) is 17.5 Å². The molecular weight excluding hydrogens is 383 g/mol. The van der Waals surface area contributed by atoms with Gasteiger partial charge in [-0.05, 0) is 38.3 Å². The molecule has 2 aromatic rings. The summed E-state index contributed by atoms with van der Waals surface area (Å²) in [6, 6.07) is 5.28. The topological polar surface area (TPSA) is 63.1 Å². The molecule has 3 unspecified atom stereocenters. The van der Waals surface area contributed by atoms with Crippen LogP contribution in [-0.2, 0) is 11.2 Å². The molecule has 2 aliphatic heterocycles. The summed E-state index contributed by atoms with van der Waals surface area (Å²) < 4.78 is 41.5. The first kappa shape index (κ1) is 19.7. The number of halogens is 3. The number of amides is 1. The third kappa shape index (κ3) is 4.23. The van der Waals surface area contributed by atoms with Gasteiger partial charge in [-0.25, -0.2) is 4.68 Å². The predicted octanol–water partition coefficient (Wildman–Crippen LogP) is 3.53. The predicted molar refractivity (Wildman–Crippen MR) is 102 cm³/mol. The standard InChI is InChI=1S/C20H24F3N5O/c1-13-9-17(20(21,22)23)28-18(25-13)11-16(26-28)14-5-4-8-27(12-14)19(29)10-15-6-2-3-7-24-15/h2-3,6-7,11,13-14,17,25H,4-5,8-10,12H2,1H3. The lowest BCUT2D eigenvalue weighted by Gasteiger charge is -2.32. The van der Waals surface area contributed by atoms with Gasteiger partial charge in [0.15, 0.2) is 6.04 Å². The molecule has 0 saturated carbocycles. The summed E-state index contributed by atoms with van der Waals surface area (Å²) in [5, 5.41) is 7.42. The van der Waals surface area contributed by atoms with Crippen LogP contribution in [0.1, 0.15) is 49.5 Å². The second-order valence-electron chi connectivity index (χ2n) is 7.91. The van der Waals surface area contributed by atoms with Gasteiger partial charge in [-0.3, -0.25) is 9.78 Å². The highest BCUT2D eigenvalue weighted by atomic mass is 19.4. The Kier molecular flexibility index (Phi) is 5.23. The Morgan fingerprint density at radius 2 is 2.17 bits per heavy atom. The van der Waals surface area contributed by atoms with Crippen LogP contribution in [0.5, 0.6) is 0 Å². The second kappa shape index (κ2) is 7.68. The number of aromatic nitrogens is 3. The van der Waals surface area contributed by atoms with Crippen molar-refractivity contribution < 1.29 is 18.0 Å². The van der Waals surface area contributed by atoms with Crippen molar-refractivity contribution in [1.29, 1.82) is 0 Å². The van der Waals surface area contributed by atoms with Gasteiger partial charge in [0.05, 0.1) is 12.1 Å². The molecule has 0 radical (unpaired) electrons. The quantitative estimate of drug-likeness (QED) is 0.846. The highest BCUT2D eigenvalue weighted by Crippen LogP contribution is 2.40. The van der Waals surface area contributed by atoms with Crippen LogP contribution in [0, 0.1) is 0 Å². The summed E-state index contributed by atoms with van der Waals surface area (Å²) in [6.45, 7) is 2.86. The molecule has 29 heavy (non-hydrogen) atoms. The molecule has 2 aliphatic rings. The number of hydrogen-bond acceptors (Lipinski definition) is 4. The Hall–Kier alpha value is -2.58. The zero-order valence-corrected chi connectivity index (χ0v) is 16.2. The zero-order chi connectivity index (χ0) is 20.6. The van der Waals surface area contributed by atoms with Crippen LogP contribution in [0.25, 0.3) is 0 Å². The van der Waals surface area contributed by atoms with Crippen LogP contribution >= 0.6 is 0 Å². The van der Waals surface area contributed by atoms with Crippen LogP contribution in [0.2, 0.25) is 0 Å². The molecule has 9 heteroatoms. The number of hydrogen-bond donors (Lipinski definition) is 1. The number of alkyl halides is 3. The highest BCUT2D eigenvalue weighted by Gasteiger charge is 2.45. The molecule has 0 spiro atoms. The normalized spacial score (nSPS) is 24.7. The molecule has 4 rings (SSSR count). The van der Waals surface area contributed by atoms with E-state index in [1.54, 1.807) is 30.2 Å². The number of anilines is 1. The van der Waals surface area contributed by atoms with Crippen molar-refractivity contribution in [3.05, 3.63) is 41.9 Å². The Bertz CT molecular complexity index is 867. The summed E-state index contributed by atoms with van der Waals surface area (Å²) >= 11 is 0. The largest absolute Gasteiger partial charge is 0.410 e. The first-order valence-corrected chi connectivity index (χ1v) is 9.91. The van der Waals surface area contributed by atoms with Crippen molar-refractivity contribution in [1.82, 2.24) is 19.7 Å². The van der Waals surface area contributed by atoms with E-state index in [-0.39, 0.29) is 30.7 Å². The molecule has 0 bridgehead atoms. The maximum absolute atomic E-state index is 13.5. The minimum Gasteiger partial charge on any atom is -0.368 e. The fourth-order valence-electron chi connectivity index (χ4n) is 4.19. The van der Waals surface area contributed by atoms with Crippen molar-refractivity contribution in [3.63, 3.8) is 0 Å². The third-order valence-corrected chi connectivity index (χ3v) is 5.65. The molecule has 1 saturated heterocycles. The molecule has 2 aromatic heterocycles. The minimum atomic E-state index is -4.34. The minimum absolute atomic E-state index is 0.0164. The zero-order valence-electron chi connectivity index (χ0n) is 16.2. The average molecular weight is 407 g/mol. The van der Waals surface area contributed by atoms with Crippen LogP contribution in [0.15, 0.2) is 30.5 Å². The molecule has 3 atom stereocenters. The first-order valence-electron chi connectivity index (χ1n) is 9.91. The monoisotopic (exact) mass is 407 g/mol. The number of pyridine rings is 1. The number of likely N-dealkylation sites (tertiary alicyclic amines) is 1. The number of nitrogens with one attached hydrogen (secondary N) is 1. The Labute approximate surface area is 167 Å². The molecule has 1 fully saturated rings. The lowest BCUT2D eigenvalue weighted by Crippen LogP contribution is -2.40. The first-order chi connectivity index (χ1) is 13.8. The molecular formula is C20H24F3N5O. The van der Waals surface area contributed by atoms with Gasteiger partial charge in [-0.1, -0.05) is 6.07 Å². The average Bonchev–Trinajstić information content (AvgIpc) is 3.11.